The van der Waals surface area contributed by atoms with Gasteiger partial charge in [0.1, 0.15) is 0 Å². The van der Waals surface area contributed by atoms with Crippen LogP contribution in [0, 0.1) is 6.92 Å². The first kappa shape index (κ1) is 14.3. The zero-order valence-corrected chi connectivity index (χ0v) is 13.4. The van der Waals surface area contributed by atoms with Gasteiger partial charge in [-0.1, -0.05) is 24.1 Å². The van der Waals surface area contributed by atoms with E-state index in [2.05, 4.69) is 10.2 Å². The lowest BCUT2D eigenvalue weighted by Gasteiger charge is -2.49. The Kier molecular flexibility index (Phi) is 3.69. The van der Waals surface area contributed by atoms with E-state index in [-0.39, 0.29) is 5.91 Å². The van der Waals surface area contributed by atoms with Gasteiger partial charge < -0.3 is 5.32 Å². The van der Waals surface area contributed by atoms with Crippen molar-refractivity contribution in [1.29, 1.82) is 0 Å². The second-order valence-electron chi connectivity index (χ2n) is 7.43. The van der Waals surface area contributed by atoms with Gasteiger partial charge in [-0.25, -0.2) is 0 Å². The van der Waals surface area contributed by atoms with Crippen molar-refractivity contribution in [3.05, 3.63) is 35.4 Å². The molecular weight excluding hydrogens is 272 g/mol. The van der Waals surface area contributed by atoms with E-state index in [1.807, 2.05) is 31.2 Å². The summed E-state index contributed by atoms with van der Waals surface area (Å²) in [5.41, 5.74) is 1.95. The molecule has 1 aromatic rings. The van der Waals surface area contributed by atoms with Gasteiger partial charge in [-0.3, -0.25) is 9.69 Å². The van der Waals surface area contributed by atoms with E-state index in [0.29, 0.717) is 18.1 Å². The molecule has 2 saturated heterocycles. The number of fused-ring (bicyclic) bond motifs is 2. The summed E-state index contributed by atoms with van der Waals surface area (Å²) in [6, 6.07) is 10.6. The highest BCUT2D eigenvalue weighted by atomic mass is 16.1. The molecule has 1 N–H and O–H groups in total. The molecule has 3 fully saturated rings. The second kappa shape index (κ2) is 5.69. The number of nitrogens with zero attached hydrogens (tertiary/aromatic N) is 1. The molecule has 2 heterocycles. The molecule has 1 aliphatic carbocycles. The largest absolute Gasteiger partial charge is 0.349 e. The highest BCUT2D eigenvalue weighted by Gasteiger charge is 2.45. The Bertz CT molecular complexity index is 552. The molecule has 1 amide bonds. The zero-order chi connectivity index (χ0) is 15.1. The monoisotopic (exact) mass is 298 g/mol. The molecule has 3 heteroatoms. The van der Waals surface area contributed by atoms with Gasteiger partial charge in [-0.05, 0) is 57.6 Å². The number of piperidine rings is 2. The van der Waals surface area contributed by atoms with Gasteiger partial charge in [0.05, 0.1) is 0 Å². The second-order valence-corrected chi connectivity index (χ2v) is 7.43. The average Bonchev–Trinajstić information content (AvgIpc) is 3.31. The number of nitrogens with one attached hydrogen (secondary N) is 1. The third-order valence-electron chi connectivity index (χ3n) is 5.62. The zero-order valence-electron chi connectivity index (χ0n) is 13.4. The van der Waals surface area contributed by atoms with Crippen LogP contribution in [-0.4, -0.2) is 35.0 Å². The van der Waals surface area contributed by atoms with E-state index >= 15 is 0 Å². The first-order valence-corrected chi connectivity index (χ1v) is 8.85. The quantitative estimate of drug-likeness (QED) is 0.929. The lowest BCUT2D eigenvalue weighted by atomic mass is 9.81. The maximum atomic E-state index is 12.5. The molecule has 0 unspecified atom stereocenters. The molecule has 3 nitrogen and oxygen atoms in total. The molecule has 118 valence electrons. The number of carbonyl (C=O) groups excluding carboxylic acids is 1. The molecular formula is C19H26N2O. The molecule has 2 atom stereocenters. The Hall–Kier alpha value is -1.35. The van der Waals surface area contributed by atoms with Crippen molar-refractivity contribution in [1.82, 2.24) is 10.2 Å². The lowest BCUT2D eigenvalue weighted by molar-refractivity contribution is 0.0175. The topological polar surface area (TPSA) is 32.3 Å². The van der Waals surface area contributed by atoms with Crippen LogP contribution >= 0.6 is 0 Å². The van der Waals surface area contributed by atoms with Crippen LogP contribution < -0.4 is 5.32 Å². The molecule has 4 rings (SSSR count). The predicted octanol–water partition coefficient (Wildman–Crippen LogP) is 3.27. The van der Waals surface area contributed by atoms with E-state index in [1.165, 1.54) is 32.1 Å². The van der Waals surface area contributed by atoms with Gasteiger partial charge in [0, 0.05) is 29.7 Å². The van der Waals surface area contributed by atoms with Gasteiger partial charge in [0.15, 0.2) is 0 Å². The van der Waals surface area contributed by atoms with Crippen molar-refractivity contribution < 1.29 is 4.79 Å². The Balaban J connectivity index is 1.43. The number of hydrogen-bond donors (Lipinski definition) is 1. The molecule has 0 spiro atoms. The van der Waals surface area contributed by atoms with Crippen LogP contribution in [0.5, 0.6) is 0 Å². The number of amides is 1. The fourth-order valence-electron chi connectivity index (χ4n) is 4.56. The van der Waals surface area contributed by atoms with Gasteiger partial charge in [0.25, 0.3) is 5.91 Å². The Labute approximate surface area is 133 Å². The molecule has 3 aliphatic rings. The minimum Gasteiger partial charge on any atom is -0.349 e. The van der Waals surface area contributed by atoms with Gasteiger partial charge >= 0.3 is 0 Å². The van der Waals surface area contributed by atoms with Crippen LogP contribution in [0.2, 0.25) is 0 Å². The third kappa shape index (κ3) is 2.79. The predicted molar refractivity (Wildman–Crippen MR) is 88.0 cm³/mol. The lowest BCUT2D eigenvalue weighted by Crippen LogP contribution is -2.57. The van der Waals surface area contributed by atoms with Crippen molar-refractivity contribution in [3.8, 4) is 0 Å². The molecule has 2 aliphatic heterocycles. The standard InChI is InChI=1S/C19H26N2O/c1-13-4-2-5-14(10-13)19(22)20-15-11-17-6-3-7-18(12-15)21(17)16-8-9-16/h2,4-5,10,15-18H,3,6-9,11-12H2,1H3,(H,20,22)/t17-,18-/m1/s1. The summed E-state index contributed by atoms with van der Waals surface area (Å²) >= 11 is 0. The number of hydrogen-bond acceptors (Lipinski definition) is 2. The summed E-state index contributed by atoms with van der Waals surface area (Å²) in [7, 11) is 0. The van der Waals surface area contributed by atoms with E-state index in [1.54, 1.807) is 0 Å². The van der Waals surface area contributed by atoms with Crippen molar-refractivity contribution in [2.24, 2.45) is 0 Å². The summed E-state index contributed by atoms with van der Waals surface area (Å²) in [5.74, 6) is 0.103. The van der Waals surface area contributed by atoms with Crippen molar-refractivity contribution >= 4 is 5.91 Å². The minimum atomic E-state index is 0.103. The highest BCUT2D eigenvalue weighted by molar-refractivity contribution is 5.94. The maximum absolute atomic E-state index is 12.5. The third-order valence-corrected chi connectivity index (χ3v) is 5.62. The Morgan fingerprint density at radius 2 is 1.82 bits per heavy atom. The fourth-order valence-corrected chi connectivity index (χ4v) is 4.56. The van der Waals surface area contributed by atoms with Crippen LogP contribution in [0.3, 0.4) is 0 Å². The molecule has 1 aromatic carbocycles. The summed E-state index contributed by atoms with van der Waals surface area (Å²) in [6.45, 7) is 2.04. The highest BCUT2D eigenvalue weighted by Crippen LogP contribution is 2.41. The van der Waals surface area contributed by atoms with Crippen LogP contribution in [-0.2, 0) is 0 Å². The van der Waals surface area contributed by atoms with E-state index in [9.17, 15) is 4.79 Å². The molecule has 2 bridgehead atoms. The van der Waals surface area contributed by atoms with E-state index in [4.69, 9.17) is 0 Å². The normalized spacial score (nSPS) is 31.8. The van der Waals surface area contributed by atoms with E-state index in [0.717, 1.165) is 30.0 Å². The van der Waals surface area contributed by atoms with E-state index < -0.39 is 0 Å². The van der Waals surface area contributed by atoms with Crippen LogP contribution in [0.15, 0.2) is 24.3 Å². The summed E-state index contributed by atoms with van der Waals surface area (Å²) in [6.07, 6.45) is 9.10. The molecule has 0 radical (unpaired) electrons. The van der Waals surface area contributed by atoms with Crippen LogP contribution in [0.25, 0.3) is 0 Å². The fraction of sp³-hybridized carbons (Fsp3) is 0.632. The maximum Gasteiger partial charge on any atom is 0.251 e. The molecule has 22 heavy (non-hydrogen) atoms. The van der Waals surface area contributed by atoms with Crippen molar-refractivity contribution in [3.63, 3.8) is 0 Å². The molecule has 0 aromatic heterocycles. The number of aryl methyl sites for hydroxylation is 1. The van der Waals surface area contributed by atoms with Crippen LogP contribution in [0.1, 0.15) is 60.9 Å². The van der Waals surface area contributed by atoms with Crippen LogP contribution in [0.4, 0.5) is 0 Å². The summed E-state index contributed by atoms with van der Waals surface area (Å²) < 4.78 is 0. The van der Waals surface area contributed by atoms with Gasteiger partial charge in [0.2, 0.25) is 0 Å². The first-order chi connectivity index (χ1) is 10.7. The number of benzene rings is 1. The molecule has 1 saturated carbocycles. The SMILES string of the molecule is Cc1cccc(C(=O)NC2C[C@H]3CCC[C@H](C2)N3C2CC2)c1. The Morgan fingerprint density at radius 1 is 1.09 bits per heavy atom. The summed E-state index contributed by atoms with van der Waals surface area (Å²) in [5, 5.41) is 3.31. The smallest absolute Gasteiger partial charge is 0.251 e. The van der Waals surface area contributed by atoms with Crippen molar-refractivity contribution in [2.75, 3.05) is 0 Å². The average molecular weight is 298 g/mol. The Morgan fingerprint density at radius 3 is 2.45 bits per heavy atom. The van der Waals surface area contributed by atoms with Gasteiger partial charge in [-0.2, -0.15) is 0 Å². The minimum absolute atomic E-state index is 0.103. The number of carbonyl (C=O) groups is 1. The van der Waals surface area contributed by atoms with Gasteiger partial charge in [-0.15, -0.1) is 0 Å². The summed E-state index contributed by atoms with van der Waals surface area (Å²) in [4.78, 5) is 15.3. The first-order valence-electron chi connectivity index (χ1n) is 8.85. The number of rotatable bonds is 3. The van der Waals surface area contributed by atoms with Crippen molar-refractivity contribution in [2.45, 2.75) is 76.0 Å².